The minimum absolute atomic E-state index is 0.0692. The second kappa shape index (κ2) is 7.43. The van der Waals surface area contributed by atoms with E-state index in [4.69, 9.17) is 9.47 Å². The predicted molar refractivity (Wildman–Crippen MR) is 62.9 cm³/mol. The van der Waals surface area contributed by atoms with Crippen molar-refractivity contribution in [2.75, 3.05) is 25.1 Å². The lowest BCUT2D eigenvalue weighted by atomic mass is 10.5. The van der Waals surface area contributed by atoms with Crippen molar-refractivity contribution in [3.05, 3.63) is 12.4 Å². The topological polar surface area (TPSA) is 73.3 Å². The van der Waals surface area contributed by atoms with Gasteiger partial charge in [0, 0.05) is 0 Å². The summed E-state index contributed by atoms with van der Waals surface area (Å²) in [6.45, 7) is 4.80. The third-order valence-electron chi connectivity index (χ3n) is 1.79. The highest BCUT2D eigenvalue weighted by Crippen LogP contribution is 2.08. The Kier molecular flexibility index (Phi) is 5.77. The van der Waals surface area contributed by atoms with Crippen molar-refractivity contribution in [2.24, 2.45) is 0 Å². The SMILES string of the molecule is CCCOc1cncc(NCC(=O)OCC)n1. The molecule has 0 aliphatic carbocycles. The molecule has 0 spiro atoms. The number of carbonyl (C=O) groups excluding carboxylic acids is 1. The van der Waals surface area contributed by atoms with Crippen LogP contribution < -0.4 is 10.1 Å². The van der Waals surface area contributed by atoms with E-state index in [0.717, 1.165) is 6.42 Å². The average molecular weight is 239 g/mol. The van der Waals surface area contributed by atoms with Crippen LogP contribution in [0.25, 0.3) is 0 Å². The lowest BCUT2D eigenvalue weighted by Gasteiger charge is -2.07. The lowest BCUT2D eigenvalue weighted by molar-refractivity contribution is -0.140. The van der Waals surface area contributed by atoms with Gasteiger partial charge in [0.2, 0.25) is 5.88 Å². The normalized spacial score (nSPS) is 9.76. The van der Waals surface area contributed by atoms with Gasteiger partial charge in [-0.25, -0.2) is 0 Å². The highest BCUT2D eigenvalue weighted by Gasteiger charge is 2.03. The molecule has 0 radical (unpaired) electrons. The van der Waals surface area contributed by atoms with Crippen molar-refractivity contribution in [3.8, 4) is 5.88 Å². The molecule has 17 heavy (non-hydrogen) atoms. The van der Waals surface area contributed by atoms with Crippen LogP contribution in [-0.4, -0.2) is 35.7 Å². The van der Waals surface area contributed by atoms with Gasteiger partial charge in [-0.15, -0.1) is 0 Å². The van der Waals surface area contributed by atoms with Gasteiger partial charge >= 0.3 is 5.97 Å². The van der Waals surface area contributed by atoms with Gasteiger partial charge in [-0.05, 0) is 13.3 Å². The molecule has 0 bridgehead atoms. The maximum Gasteiger partial charge on any atom is 0.325 e. The molecule has 6 heteroatoms. The van der Waals surface area contributed by atoms with Crippen molar-refractivity contribution in [2.45, 2.75) is 20.3 Å². The van der Waals surface area contributed by atoms with Crippen LogP contribution in [0.4, 0.5) is 5.82 Å². The van der Waals surface area contributed by atoms with E-state index in [0.29, 0.717) is 24.9 Å². The van der Waals surface area contributed by atoms with Gasteiger partial charge in [0.15, 0.2) is 0 Å². The molecule has 0 amide bonds. The summed E-state index contributed by atoms with van der Waals surface area (Å²) in [5.41, 5.74) is 0. The molecule has 6 nitrogen and oxygen atoms in total. The molecule has 1 aromatic heterocycles. The van der Waals surface area contributed by atoms with E-state index in [1.165, 1.54) is 12.4 Å². The Balaban J connectivity index is 2.45. The van der Waals surface area contributed by atoms with Gasteiger partial charge in [-0.3, -0.25) is 9.78 Å². The third-order valence-corrected chi connectivity index (χ3v) is 1.79. The molecule has 0 aliphatic rings. The summed E-state index contributed by atoms with van der Waals surface area (Å²) in [5, 5.41) is 2.82. The molecule has 0 aromatic carbocycles. The largest absolute Gasteiger partial charge is 0.477 e. The first kappa shape index (κ1) is 13.2. The van der Waals surface area contributed by atoms with E-state index in [9.17, 15) is 4.79 Å². The zero-order valence-corrected chi connectivity index (χ0v) is 10.1. The summed E-state index contributed by atoms with van der Waals surface area (Å²) >= 11 is 0. The standard InChI is InChI=1S/C11H17N3O3/c1-3-5-17-10-7-12-6-9(14-10)13-8-11(15)16-4-2/h6-7H,3-5,8H2,1-2H3,(H,13,14). The number of hydrogen-bond acceptors (Lipinski definition) is 6. The summed E-state index contributed by atoms with van der Waals surface area (Å²) in [4.78, 5) is 19.2. The fraction of sp³-hybridized carbons (Fsp3) is 0.545. The van der Waals surface area contributed by atoms with Crippen molar-refractivity contribution < 1.29 is 14.3 Å². The van der Waals surface area contributed by atoms with Crippen molar-refractivity contribution >= 4 is 11.8 Å². The smallest absolute Gasteiger partial charge is 0.325 e. The Morgan fingerprint density at radius 3 is 2.94 bits per heavy atom. The predicted octanol–water partition coefficient (Wildman–Crippen LogP) is 1.24. The number of ether oxygens (including phenoxy) is 2. The highest BCUT2D eigenvalue weighted by molar-refractivity contribution is 5.74. The first-order chi connectivity index (χ1) is 8.26. The molecule has 0 saturated carbocycles. The molecule has 1 aromatic rings. The molecule has 1 heterocycles. The van der Waals surface area contributed by atoms with E-state index < -0.39 is 0 Å². The van der Waals surface area contributed by atoms with Crippen LogP contribution in [0.2, 0.25) is 0 Å². The fourth-order valence-electron chi connectivity index (χ4n) is 1.08. The Bertz CT molecular complexity index is 358. The van der Waals surface area contributed by atoms with E-state index in [1.54, 1.807) is 6.92 Å². The molecule has 0 saturated heterocycles. The first-order valence-corrected chi connectivity index (χ1v) is 5.60. The first-order valence-electron chi connectivity index (χ1n) is 5.60. The highest BCUT2D eigenvalue weighted by atomic mass is 16.5. The van der Waals surface area contributed by atoms with Crippen LogP contribution >= 0.6 is 0 Å². The Labute approximate surface area is 100 Å². The molecular weight excluding hydrogens is 222 g/mol. The summed E-state index contributed by atoms with van der Waals surface area (Å²) in [7, 11) is 0. The van der Waals surface area contributed by atoms with E-state index in [-0.39, 0.29) is 12.5 Å². The Morgan fingerprint density at radius 2 is 2.24 bits per heavy atom. The zero-order chi connectivity index (χ0) is 12.5. The number of anilines is 1. The number of aromatic nitrogens is 2. The van der Waals surface area contributed by atoms with Crippen molar-refractivity contribution in [3.63, 3.8) is 0 Å². The molecule has 0 aliphatic heterocycles. The summed E-state index contributed by atoms with van der Waals surface area (Å²) in [6, 6.07) is 0. The number of nitrogens with one attached hydrogen (secondary N) is 1. The summed E-state index contributed by atoms with van der Waals surface area (Å²) in [5.74, 6) is 0.613. The van der Waals surface area contributed by atoms with Gasteiger partial charge in [0.25, 0.3) is 0 Å². The fourth-order valence-corrected chi connectivity index (χ4v) is 1.08. The number of esters is 1. The van der Waals surface area contributed by atoms with Crippen LogP contribution in [-0.2, 0) is 9.53 Å². The number of rotatable bonds is 7. The number of nitrogens with zero attached hydrogens (tertiary/aromatic N) is 2. The van der Waals surface area contributed by atoms with E-state index >= 15 is 0 Å². The van der Waals surface area contributed by atoms with Crippen LogP contribution in [0.1, 0.15) is 20.3 Å². The van der Waals surface area contributed by atoms with E-state index in [2.05, 4.69) is 15.3 Å². The molecule has 1 rings (SSSR count). The Hall–Kier alpha value is -1.85. The minimum Gasteiger partial charge on any atom is -0.477 e. The lowest BCUT2D eigenvalue weighted by Crippen LogP contribution is -2.17. The third kappa shape index (κ3) is 5.14. The Morgan fingerprint density at radius 1 is 1.41 bits per heavy atom. The minimum atomic E-state index is -0.325. The van der Waals surface area contributed by atoms with E-state index in [1.807, 2.05) is 6.92 Å². The molecule has 1 N–H and O–H groups in total. The van der Waals surface area contributed by atoms with Gasteiger partial charge in [0.05, 0.1) is 25.6 Å². The van der Waals surface area contributed by atoms with Gasteiger partial charge in [0.1, 0.15) is 12.4 Å². The maximum atomic E-state index is 11.1. The monoisotopic (exact) mass is 239 g/mol. The molecule has 0 atom stereocenters. The molecule has 0 unspecified atom stereocenters. The summed E-state index contributed by atoms with van der Waals surface area (Å²) < 4.78 is 10.1. The second-order valence-corrected chi connectivity index (χ2v) is 3.25. The van der Waals surface area contributed by atoms with Crippen LogP contribution in [0.15, 0.2) is 12.4 Å². The van der Waals surface area contributed by atoms with Crippen LogP contribution in [0.5, 0.6) is 5.88 Å². The number of hydrogen-bond donors (Lipinski definition) is 1. The van der Waals surface area contributed by atoms with Crippen LogP contribution in [0.3, 0.4) is 0 Å². The zero-order valence-electron chi connectivity index (χ0n) is 10.1. The quantitative estimate of drug-likeness (QED) is 0.722. The molecule has 94 valence electrons. The average Bonchev–Trinajstić information content (AvgIpc) is 2.35. The maximum absolute atomic E-state index is 11.1. The van der Waals surface area contributed by atoms with Crippen LogP contribution in [0, 0.1) is 0 Å². The van der Waals surface area contributed by atoms with Crippen molar-refractivity contribution in [1.82, 2.24) is 9.97 Å². The molecule has 0 fully saturated rings. The van der Waals surface area contributed by atoms with Crippen molar-refractivity contribution in [1.29, 1.82) is 0 Å². The van der Waals surface area contributed by atoms with Gasteiger partial charge in [-0.1, -0.05) is 6.92 Å². The second-order valence-electron chi connectivity index (χ2n) is 3.25. The van der Waals surface area contributed by atoms with Gasteiger partial charge in [-0.2, -0.15) is 4.98 Å². The number of carbonyl (C=O) groups is 1. The summed E-state index contributed by atoms with van der Waals surface area (Å²) in [6.07, 6.45) is 3.96. The van der Waals surface area contributed by atoms with Gasteiger partial charge < -0.3 is 14.8 Å². The molecular formula is C11H17N3O3.